The lowest BCUT2D eigenvalue weighted by molar-refractivity contribution is -0.139. The van der Waals surface area contributed by atoms with Gasteiger partial charge < -0.3 is 10.2 Å². The van der Waals surface area contributed by atoms with Gasteiger partial charge >= 0.3 is 0 Å². The zero-order valence-corrected chi connectivity index (χ0v) is 20.4. The molecule has 33 heavy (non-hydrogen) atoms. The van der Waals surface area contributed by atoms with Crippen LogP contribution in [0.5, 0.6) is 0 Å². The third-order valence-electron chi connectivity index (χ3n) is 4.78. The van der Waals surface area contributed by atoms with Crippen molar-refractivity contribution in [2.45, 2.75) is 26.4 Å². The van der Waals surface area contributed by atoms with Crippen LogP contribution in [0.15, 0.2) is 36.4 Å². The van der Waals surface area contributed by atoms with Crippen LogP contribution in [0.1, 0.15) is 19.4 Å². The van der Waals surface area contributed by atoms with Gasteiger partial charge in [0.1, 0.15) is 12.6 Å². The van der Waals surface area contributed by atoms with Crippen molar-refractivity contribution < 1.29 is 26.8 Å². The van der Waals surface area contributed by atoms with E-state index in [9.17, 15) is 26.8 Å². The Morgan fingerprint density at radius 2 is 1.70 bits per heavy atom. The smallest absolute Gasteiger partial charge is 0.244 e. The number of hydrogen-bond acceptors (Lipinski definition) is 4. The van der Waals surface area contributed by atoms with Crippen molar-refractivity contribution in [3.05, 3.63) is 63.6 Å². The van der Waals surface area contributed by atoms with E-state index in [1.165, 1.54) is 6.92 Å². The molecule has 0 spiro atoms. The lowest BCUT2D eigenvalue weighted by Gasteiger charge is -2.31. The van der Waals surface area contributed by atoms with E-state index >= 15 is 0 Å². The number of amides is 2. The van der Waals surface area contributed by atoms with Gasteiger partial charge in [-0.05, 0) is 38.1 Å². The monoisotopic (exact) mass is 521 g/mol. The van der Waals surface area contributed by atoms with Gasteiger partial charge in [-0.1, -0.05) is 29.3 Å². The Balaban J connectivity index is 2.46. The molecule has 180 valence electrons. The Bertz CT molecular complexity index is 1130. The van der Waals surface area contributed by atoms with Crippen LogP contribution in [0.2, 0.25) is 10.0 Å². The Hall–Kier alpha value is -2.43. The van der Waals surface area contributed by atoms with E-state index in [1.807, 2.05) is 0 Å². The van der Waals surface area contributed by atoms with E-state index in [0.717, 1.165) is 23.3 Å². The molecule has 0 saturated heterocycles. The maximum absolute atomic E-state index is 13.7. The molecule has 2 aromatic rings. The number of rotatable bonds is 9. The number of nitrogens with one attached hydrogen (secondary N) is 1. The van der Waals surface area contributed by atoms with Crippen LogP contribution in [0.25, 0.3) is 0 Å². The average Bonchev–Trinajstić information content (AvgIpc) is 2.72. The lowest BCUT2D eigenvalue weighted by atomic mass is 10.1. The fourth-order valence-electron chi connectivity index (χ4n) is 3.01. The third-order valence-corrected chi connectivity index (χ3v) is 6.63. The van der Waals surface area contributed by atoms with Crippen LogP contribution < -0.4 is 9.62 Å². The van der Waals surface area contributed by atoms with Gasteiger partial charge in [0.25, 0.3) is 0 Å². The molecule has 0 heterocycles. The number of carbonyl (C=O) groups is 2. The Labute approximate surface area is 201 Å². The molecular formula is C21H23Cl2F2N3O4S. The number of sulfonamides is 1. The Kier molecular flexibility index (Phi) is 9.04. The van der Waals surface area contributed by atoms with Crippen LogP contribution in [0, 0.1) is 11.6 Å². The summed E-state index contributed by atoms with van der Waals surface area (Å²) in [5, 5.41) is 3.11. The molecule has 0 saturated carbocycles. The summed E-state index contributed by atoms with van der Waals surface area (Å²) in [6.07, 6.45) is 0.823. The van der Waals surface area contributed by atoms with Gasteiger partial charge in [-0.2, -0.15) is 0 Å². The first-order chi connectivity index (χ1) is 15.4. The molecule has 0 aromatic heterocycles. The molecule has 2 amide bonds. The molecule has 7 nitrogen and oxygen atoms in total. The van der Waals surface area contributed by atoms with E-state index in [-0.39, 0.29) is 22.3 Å². The van der Waals surface area contributed by atoms with Crippen molar-refractivity contribution in [2.75, 3.05) is 23.7 Å². The molecule has 0 radical (unpaired) electrons. The van der Waals surface area contributed by atoms with Gasteiger partial charge in [0.05, 0.1) is 11.9 Å². The predicted octanol–water partition coefficient (Wildman–Crippen LogP) is 3.59. The molecule has 0 aliphatic heterocycles. The molecular weight excluding hydrogens is 499 g/mol. The second-order valence-corrected chi connectivity index (χ2v) is 9.88. The lowest BCUT2D eigenvalue weighted by Crippen LogP contribution is -2.51. The number of carbonyl (C=O) groups excluding carboxylic acids is 2. The standard InChI is InChI=1S/C21H23Cl2F2N3O4S/c1-4-26-21(30)13(2)27(11-15-16(22)6-5-7-17(15)23)20(29)12-28(33(3,31)32)14-8-9-18(24)19(25)10-14/h5-10,13H,4,11-12H2,1-3H3,(H,26,30)/t13-/m0/s1. The van der Waals surface area contributed by atoms with E-state index in [1.54, 1.807) is 25.1 Å². The van der Waals surface area contributed by atoms with Crippen molar-refractivity contribution >= 4 is 50.7 Å². The average molecular weight is 522 g/mol. The summed E-state index contributed by atoms with van der Waals surface area (Å²) in [4.78, 5) is 26.9. The van der Waals surface area contributed by atoms with E-state index in [4.69, 9.17) is 23.2 Å². The summed E-state index contributed by atoms with van der Waals surface area (Å²) in [5.41, 5.74) is 0.121. The van der Waals surface area contributed by atoms with Gasteiger partial charge in [0.15, 0.2) is 11.6 Å². The number of benzene rings is 2. The Morgan fingerprint density at radius 3 is 2.21 bits per heavy atom. The van der Waals surface area contributed by atoms with Crippen molar-refractivity contribution in [3.63, 3.8) is 0 Å². The maximum atomic E-state index is 13.7. The first kappa shape index (κ1) is 26.8. The van der Waals surface area contributed by atoms with Crippen molar-refractivity contribution in [3.8, 4) is 0 Å². The molecule has 0 unspecified atom stereocenters. The van der Waals surface area contributed by atoms with E-state index < -0.39 is 46.1 Å². The summed E-state index contributed by atoms with van der Waals surface area (Å²) in [6.45, 7) is 2.52. The zero-order chi connectivity index (χ0) is 24.9. The number of nitrogens with zero attached hydrogens (tertiary/aromatic N) is 2. The molecule has 12 heteroatoms. The van der Waals surface area contributed by atoms with Gasteiger partial charge in [0.2, 0.25) is 21.8 Å². The minimum atomic E-state index is -4.08. The molecule has 1 atom stereocenters. The molecule has 0 aliphatic carbocycles. The van der Waals surface area contributed by atoms with E-state index in [0.29, 0.717) is 22.5 Å². The molecule has 2 aromatic carbocycles. The van der Waals surface area contributed by atoms with Gasteiger partial charge in [-0.25, -0.2) is 17.2 Å². The second-order valence-electron chi connectivity index (χ2n) is 7.16. The molecule has 0 fully saturated rings. The van der Waals surface area contributed by atoms with Crippen LogP contribution in [0.3, 0.4) is 0 Å². The molecule has 0 aliphatic rings. The third kappa shape index (κ3) is 6.78. The van der Waals surface area contributed by atoms with Crippen LogP contribution >= 0.6 is 23.2 Å². The van der Waals surface area contributed by atoms with Crippen LogP contribution in [-0.2, 0) is 26.2 Å². The maximum Gasteiger partial charge on any atom is 0.244 e. The van der Waals surface area contributed by atoms with Gasteiger partial charge in [-0.3, -0.25) is 13.9 Å². The van der Waals surface area contributed by atoms with E-state index in [2.05, 4.69) is 5.32 Å². The summed E-state index contributed by atoms with van der Waals surface area (Å²) in [6, 6.07) is 6.18. The first-order valence-electron chi connectivity index (χ1n) is 9.79. The zero-order valence-electron chi connectivity index (χ0n) is 18.1. The quantitative estimate of drug-likeness (QED) is 0.546. The fourth-order valence-corrected chi connectivity index (χ4v) is 4.37. The van der Waals surface area contributed by atoms with Crippen molar-refractivity contribution in [1.29, 1.82) is 0 Å². The first-order valence-corrected chi connectivity index (χ1v) is 12.4. The highest BCUT2D eigenvalue weighted by molar-refractivity contribution is 7.92. The van der Waals surface area contributed by atoms with Crippen molar-refractivity contribution in [1.82, 2.24) is 10.2 Å². The molecule has 0 bridgehead atoms. The number of likely N-dealkylation sites (N-methyl/N-ethyl adjacent to an activating group) is 1. The van der Waals surface area contributed by atoms with Crippen LogP contribution in [-0.4, -0.2) is 50.5 Å². The summed E-state index contributed by atoms with van der Waals surface area (Å²) in [7, 11) is -4.08. The number of hydrogen-bond donors (Lipinski definition) is 1. The highest BCUT2D eigenvalue weighted by atomic mass is 35.5. The van der Waals surface area contributed by atoms with Crippen LogP contribution in [0.4, 0.5) is 14.5 Å². The normalized spacial score (nSPS) is 12.2. The summed E-state index contributed by atoms with van der Waals surface area (Å²) in [5.74, 6) is -3.70. The number of halogens is 4. The highest BCUT2D eigenvalue weighted by Crippen LogP contribution is 2.27. The fraction of sp³-hybridized carbons (Fsp3) is 0.333. The topological polar surface area (TPSA) is 86.8 Å². The second kappa shape index (κ2) is 11.1. The predicted molar refractivity (Wildman–Crippen MR) is 124 cm³/mol. The highest BCUT2D eigenvalue weighted by Gasteiger charge is 2.31. The summed E-state index contributed by atoms with van der Waals surface area (Å²) < 4.78 is 52.5. The summed E-state index contributed by atoms with van der Waals surface area (Å²) >= 11 is 12.4. The minimum Gasteiger partial charge on any atom is -0.355 e. The molecule has 1 N–H and O–H groups in total. The van der Waals surface area contributed by atoms with Crippen molar-refractivity contribution in [2.24, 2.45) is 0 Å². The SMILES string of the molecule is CCNC(=O)[C@H](C)N(Cc1c(Cl)cccc1Cl)C(=O)CN(c1ccc(F)c(F)c1)S(C)(=O)=O. The molecule has 2 rings (SSSR count). The largest absolute Gasteiger partial charge is 0.355 e. The number of anilines is 1. The Morgan fingerprint density at radius 1 is 1.09 bits per heavy atom. The van der Waals surface area contributed by atoms with Gasteiger partial charge in [-0.15, -0.1) is 0 Å². The minimum absolute atomic E-state index is 0.189. The van der Waals surface area contributed by atoms with Gasteiger partial charge in [0, 0.05) is 34.8 Å².